The molecule has 0 fully saturated rings. The molecule has 156 valence electrons. The zero-order valence-electron chi connectivity index (χ0n) is 16.1. The highest BCUT2D eigenvalue weighted by Crippen LogP contribution is 2.34. The Bertz CT molecular complexity index is 1150. The van der Waals surface area contributed by atoms with Gasteiger partial charge in [0.2, 0.25) is 11.8 Å². The van der Waals surface area contributed by atoms with Gasteiger partial charge in [0.05, 0.1) is 17.8 Å². The molecule has 1 aliphatic rings. The number of anilines is 3. The molecule has 0 aromatic heterocycles. The fourth-order valence-corrected chi connectivity index (χ4v) is 3.77. The second kappa shape index (κ2) is 8.91. The summed E-state index contributed by atoms with van der Waals surface area (Å²) in [5.41, 5.74) is 2.03. The summed E-state index contributed by atoms with van der Waals surface area (Å²) < 4.78 is 0.833. The molecule has 1 atom stereocenters. The third-order valence-electron chi connectivity index (χ3n) is 4.85. The van der Waals surface area contributed by atoms with Crippen LogP contribution in [-0.2, 0) is 9.59 Å². The van der Waals surface area contributed by atoms with Gasteiger partial charge in [-0.05, 0) is 60.7 Å². The number of para-hydroxylation sites is 2. The topological polar surface area (TPSA) is 78.5 Å². The minimum absolute atomic E-state index is 0.203. The number of carbonyl (C=O) groups is 3. The van der Waals surface area contributed by atoms with Crippen molar-refractivity contribution in [2.45, 2.75) is 12.5 Å². The Kier molecular flexibility index (Phi) is 6.06. The number of nitrogens with one attached hydrogen (secondary N) is 2. The highest BCUT2D eigenvalue weighted by Gasteiger charge is 2.38. The highest BCUT2D eigenvalue weighted by molar-refractivity contribution is 9.10. The smallest absolute Gasteiger partial charge is 0.259 e. The molecule has 4 rings (SSSR count). The van der Waals surface area contributed by atoms with Gasteiger partial charge in [-0.3, -0.25) is 19.3 Å². The van der Waals surface area contributed by atoms with Gasteiger partial charge >= 0.3 is 0 Å². The molecule has 1 aliphatic heterocycles. The zero-order chi connectivity index (χ0) is 22.0. The van der Waals surface area contributed by atoms with Crippen molar-refractivity contribution < 1.29 is 14.4 Å². The molecular weight excluding hydrogens is 482 g/mol. The van der Waals surface area contributed by atoms with E-state index in [1.165, 1.54) is 4.90 Å². The largest absolute Gasteiger partial charge is 0.326 e. The first-order valence-electron chi connectivity index (χ1n) is 9.47. The molecule has 0 spiro atoms. The third-order valence-corrected chi connectivity index (χ3v) is 5.63. The normalized spacial score (nSPS) is 15.1. The Balaban J connectivity index is 1.64. The van der Waals surface area contributed by atoms with Crippen LogP contribution >= 0.6 is 27.5 Å². The van der Waals surface area contributed by atoms with E-state index in [-0.39, 0.29) is 12.3 Å². The second-order valence-electron chi connectivity index (χ2n) is 6.96. The van der Waals surface area contributed by atoms with E-state index < -0.39 is 17.9 Å². The number of benzene rings is 3. The first kappa shape index (κ1) is 21.1. The van der Waals surface area contributed by atoms with Crippen LogP contribution in [0.15, 0.2) is 77.3 Å². The SMILES string of the molecule is O=C(C[C@H]1C(=O)Nc2ccccc2N1C(=O)c1ccc(Br)cc1)Nc1ccc(Cl)cc1. The molecule has 31 heavy (non-hydrogen) atoms. The van der Waals surface area contributed by atoms with Crippen molar-refractivity contribution >= 4 is 62.3 Å². The van der Waals surface area contributed by atoms with Crippen LogP contribution in [0.25, 0.3) is 0 Å². The standard InChI is InChI=1S/C23H17BrClN3O3/c24-15-7-5-14(6-8-15)23(31)28-19-4-2-1-3-18(19)27-22(30)20(28)13-21(29)26-17-11-9-16(25)10-12-17/h1-12,20H,13H2,(H,26,29)(H,27,30)/t20-/m0/s1. The van der Waals surface area contributed by atoms with E-state index in [4.69, 9.17) is 11.6 Å². The molecule has 2 N–H and O–H groups in total. The van der Waals surface area contributed by atoms with E-state index in [1.54, 1.807) is 72.8 Å². The fourth-order valence-electron chi connectivity index (χ4n) is 3.38. The van der Waals surface area contributed by atoms with Crippen molar-refractivity contribution in [3.05, 3.63) is 87.9 Å². The van der Waals surface area contributed by atoms with E-state index in [0.29, 0.717) is 27.6 Å². The van der Waals surface area contributed by atoms with Crippen LogP contribution in [0.2, 0.25) is 5.02 Å². The third kappa shape index (κ3) is 4.62. The van der Waals surface area contributed by atoms with E-state index in [9.17, 15) is 14.4 Å². The van der Waals surface area contributed by atoms with Crippen LogP contribution in [0.1, 0.15) is 16.8 Å². The number of halogens is 2. The summed E-state index contributed by atoms with van der Waals surface area (Å²) in [6.07, 6.45) is -0.203. The summed E-state index contributed by atoms with van der Waals surface area (Å²) in [4.78, 5) is 40.4. The maximum atomic E-state index is 13.4. The molecule has 0 radical (unpaired) electrons. The molecule has 3 aromatic rings. The van der Waals surface area contributed by atoms with E-state index in [0.717, 1.165) is 4.47 Å². The Morgan fingerprint density at radius 2 is 1.68 bits per heavy atom. The zero-order valence-corrected chi connectivity index (χ0v) is 18.5. The lowest BCUT2D eigenvalue weighted by atomic mass is 10.0. The van der Waals surface area contributed by atoms with Gasteiger partial charge < -0.3 is 10.6 Å². The van der Waals surface area contributed by atoms with Crippen molar-refractivity contribution in [1.29, 1.82) is 0 Å². The average molecular weight is 499 g/mol. The number of rotatable bonds is 4. The summed E-state index contributed by atoms with van der Waals surface area (Å²) in [6, 6.07) is 19.5. The van der Waals surface area contributed by atoms with E-state index in [2.05, 4.69) is 26.6 Å². The van der Waals surface area contributed by atoms with Crippen LogP contribution in [0.3, 0.4) is 0 Å². The van der Waals surface area contributed by atoms with Crippen LogP contribution in [0.5, 0.6) is 0 Å². The molecule has 0 unspecified atom stereocenters. The van der Waals surface area contributed by atoms with Crippen LogP contribution in [0, 0.1) is 0 Å². The predicted octanol–water partition coefficient (Wildman–Crippen LogP) is 5.10. The molecular formula is C23H17BrClN3O3. The summed E-state index contributed by atoms with van der Waals surface area (Å²) in [7, 11) is 0. The van der Waals surface area contributed by atoms with Gasteiger partial charge in [-0.15, -0.1) is 0 Å². The van der Waals surface area contributed by atoms with Crippen molar-refractivity contribution in [3.63, 3.8) is 0 Å². The number of nitrogens with zero attached hydrogens (tertiary/aromatic N) is 1. The molecule has 1 heterocycles. The summed E-state index contributed by atoms with van der Waals surface area (Å²) in [5, 5.41) is 6.09. The first-order valence-corrected chi connectivity index (χ1v) is 10.6. The number of hydrogen-bond acceptors (Lipinski definition) is 3. The van der Waals surface area contributed by atoms with Gasteiger partial charge in [0.1, 0.15) is 6.04 Å². The van der Waals surface area contributed by atoms with Gasteiger partial charge in [-0.1, -0.05) is 39.7 Å². The van der Waals surface area contributed by atoms with Gasteiger partial charge in [-0.2, -0.15) is 0 Å². The number of amides is 3. The van der Waals surface area contributed by atoms with Crippen LogP contribution in [0.4, 0.5) is 17.1 Å². The molecule has 0 bridgehead atoms. The molecule has 8 heteroatoms. The van der Waals surface area contributed by atoms with Gasteiger partial charge in [0, 0.05) is 20.7 Å². The Labute approximate surface area is 192 Å². The molecule has 0 aliphatic carbocycles. The summed E-state index contributed by atoms with van der Waals surface area (Å²) in [6.45, 7) is 0. The van der Waals surface area contributed by atoms with Crippen molar-refractivity contribution in [1.82, 2.24) is 0 Å². The quantitative estimate of drug-likeness (QED) is 0.525. The first-order chi connectivity index (χ1) is 14.9. The lowest BCUT2D eigenvalue weighted by molar-refractivity contribution is -0.122. The van der Waals surface area contributed by atoms with Gasteiger partial charge in [0.25, 0.3) is 5.91 Å². The van der Waals surface area contributed by atoms with Crippen molar-refractivity contribution in [3.8, 4) is 0 Å². The predicted molar refractivity (Wildman–Crippen MR) is 125 cm³/mol. The van der Waals surface area contributed by atoms with Gasteiger partial charge in [0.15, 0.2) is 0 Å². The molecule has 6 nitrogen and oxygen atoms in total. The van der Waals surface area contributed by atoms with Crippen LogP contribution in [-0.4, -0.2) is 23.8 Å². The fraction of sp³-hybridized carbons (Fsp3) is 0.0870. The molecule has 3 aromatic carbocycles. The summed E-state index contributed by atoms with van der Waals surface area (Å²) in [5.74, 6) is -1.18. The summed E-state index contributed by atoms with van der Waals surface area (Å²) >= 11 is 9.24. The molecule has 3 amide bonds. The lowest BCUT2D eigenvalue weighted by Gasteiger charge is -2.36. The van der Waals surface area contributed by atoms with E-state index >= 15 is 0 Å². The Hall–Kier alpha value is -3.16. The lowest BCUT2D eigenvalue weighted by Crippen LogP contribution is -2.52. The minimum atomic E-state index is -1.00. The van der Waals surface area contributed by atoms with E-state index in [1.807, 2.05) is 0 Å². The number of fused-ring (bicyclic) bond motifs is 1. The maximum Gasteiger partial charge on any atom is 0.259 e. The average Bonchev–Trinajstić information content (AvgIpc) is 2.76. The maximum absolute atomic E-state index is 13.4. The second-order valence-corrected chi connectivity index (χ2v) is 8.32. The molecule has 0 saturated carbocycles. The highest BCUT2D eigenvalue weighted by atomic mass is 79.9. The van der Waals surface area contributed by atoms with Crippen LogP contribution < -0.4 is 15.5 Å². The number of carbonyl (C=O) groups excluding carboxylic acids is 3. The monoisotopic (exact) mass is 497 g/mol. The Morgan fingerprint density at radius 3 is 2.39 bits per heavy atom. The minimum Gasteiger partial charge on any atom is -0.326 e. The van der Waals surface area contributed by atoms with Crippen molar-refractivity contribution in [2.24, 2.45) is 0 Å². The number of hydrogen-bond donors (Lipinski definition) is 2. The Morgan fingerprint density at radius 1 is 1.00 bits per heavy atom. The van der Waals surface area contributed by atoms with Crippen molar-refractivity contribution in [2.75, 3.05) is 15.5 Å². The molecule has 0 saturated heterocycles. The van der Waals surface area contributed by atoms with Gasteiger partial charge in [-0.25, -0.2) is 0 Å².